The van der Waals surface area contributed by atoms with Gasteiger partial charge in [-0.25, -0.2) is 4.98 Å². The van der Waals surface area contributed by atoms with Gasteiger partial charge in [-0.3, -0.25) is 4.79 Å². The molecule has 6 nitrogen and oxygen atoms in total. The van der Waals surface area contributed by atoms with Crippen molar-refractivity contribution in [2.45, 2.75) is 24.1 Å². The zero-order chi connectivity index (χ0) is 17.9. The summed E-state index contributed by atoms with van der Waals surface area (Å²) >= 11 is 4.76. The molecule has 9 heteroatoms. The predicted molar refractivity (Wildman–Crippen MR) is 109 cm³/mol. The molecule has 1 unspecified atom stereocenters. The lowest BCUT2D eigenvalue weighted by atomic mass is 9.98. The number of rotatable bonds is 5. The lowest BCUT2D eigenvalue weighted by Gasteiger charge is -2.31. The molecule has 0 radical (unpaired) electrons. The third kappa shape index (κ3) is 3.84. The molecule has 1 atom stereocenters. The Morgan fingerprint density at radius 1 is 1.35 bits per heavy atom. The predicted octanol–water partition coefficient (Wildman–Crippen LogP) is 4.11. The van der Waals surface area contributed by atoms with E-state index in [-0.39, 0.29) is 11.8 Å². The van der Waals surface area contributed by atoms with Crippen LogP contribution in [0.3, 0.4) is 0 Å². The maximum absolute atomic E-state index is 12.7. The normalized spacial score (nSPS) is 17.6. The minimum atomic E-state index is -0.0538. The Hall–Kier alpha value is -1.71. The van der Waals surface area contributed by atoms with E-state index in [9.17, 15) is 4.79 Å². The summed E-state index contributed by atoms with van der Waals surface area (Å²) in [7, 11) is 0. The van der Waals surface area contributed by atoms with Crippen LogP contribution in [-0.4, -0.2) is 39.9 Å². The summed E-state index contributed by atoms with van der Waals surface area (Å²) in [4.78, 5) is 19.6. The molecule has 1 aliphatic heterocycles. The van der Waals surface area contributed by atoms with Crippen LogP contribution in [0.4, 0.5) is 10.3 Å². The highest BCUT2D eigenvalue weighted by Crippen LogP contribution is 2.32. The molecule has 0 spiro atoms. The Morgan fingerprint density at radius 3 is 3.08 bits per heavy atom. The molecule has 0 bridgehead atoms. The van der Waals surface area contributed by atoms with E-state index in [0.717, 1.165) is 40.1 Å². The van der Waals surface area contributed by atoms with Crippen molar-refractivity contribution in [3.05, 3.63) is 24.3 Å². The quantitative estimate of drug-likeness (QED) is 0.509. The second-order valence-electron chi connectivity index (χ2n) is 6.04. The number of thioether (sulfide) groups is 1. The Bertz CT molecular complexity index is 876. The number of para-hydroxylation sites is 1. The van der Waals surface area contributed by atoms with Crippen molar-refractivity contribution in [1.82, 2.24) is 15.2 Å². The number of aromatic nitrogens is 3. The number of thiazole rings is 1. The second kappa shape index (κ2) is 7.89. The van der Waals surface area contributed by atoms with Gasteiger partial charge in [-0.1, -0.05) is 53.5 Å². The lowest BCUT2D eigenvalue weighted by Crippen LogP contribution is -2.40. The minimum absolute atomic E-state index is 0.0278. The summed E-state index contributed by atoms with van der Waals surface area (Å²) in [5, 5.41) is 12.7. The van der Waals surface area contributed by atoms with Crippen molar-refractivity contribution < 1.29 is 4.79 Å². The van der Waals surface area contributed by atoms with Gasteiger partial charge in [0.15, 0.2) is 9.47 Å². The van der Waals surface area contributed by atoms with Gasteiger partial charge in [-0.15, -0.1) is 10.2 Å². The molecule has 1 aromatic carbocycles. The topological polar surface area (TPSA) is 71.0 Å². The van der Waals surface area contributed by atoms with Crippen LogP contribution in [0.1, 0.15) is 19.8 Å². The van der Waals surface area contributed by atoms with E-state index < -0.39 is 0 Å². The highest BCUT2D eigenvalue weighted by atomic mass is 32.2. The highest BCUT2D eigenvalue weighted by molar-refractivity contribution is 8.01. The van der Waals surface area contributed by atoms with Gasteiger partial charge in [0.05, 0.1) is 16.1 Å². The van der Waals surface area contributed by atoms with Gasteiger partial charge in [-0.2, -0.15) is 0 Å². The molecule has 0 saturated carbocycles. The maximum atomic E-state index is 12.7. The first-order valence-electron chi connectivity index (χ1n) is 8.60. The first-order valence-corrected chi connectivity index (χ1v) is 11.2. The molecule has 1 N–H and O–H groups in total. The fourth-order valence-corrected chi connectivity index (χ4v) is 5.66. The number of piperidine rings is 1. The van der Waals surface area contributed by atoms with E-state index in [4.69, 9.17) is 4.98 Å². The molecule has 1 amide bonds. The van der Waals surface area contributed by atoms with Crippen LogP contribution in [-0.2, 0) is 4.79 Å². The summed E-state index contributed by atoms with van der Waals surface area (Å²) < 4.78 is 2.08. The molecule has 3 heterocycles. The number of amides is 1. The number of nitrogens with zero attached hydrogens (tertiary/aromatic N) is 4. The average molecular weight is 406 g/mol. The standard InChI is InChI=1S/C17H19N5OS3/c1-2-24-17-21-20-15(26-17)19-14(23)11-6-5-9-22(10-11)16-18-12-7-3-4-8-13(12)25-16/h3-4,7-8,11H,2,5-6,9-10H2,1H3,(H,19,20,23). The molecular formula is C17H19N5OS3. The molecule has 3 aromatic rings. The summed E-state index contributed by atoms with van der Waals surface area (Å²) in [5.41, 5.74) is 1.02. The first-order chi connectivity index (χ1) is 12.7. The van der Waals surface area contributed by atoms with Crippen LogP contribution < -0.4 is 10.2 Å². The van der Waals surface area contributed by atoms with Crippen molar-refractivity contribution in [2.75, 3.05) is 29.1 Å². The lowest BCUT2D eigenvalue weighted by molar-refractivity contribution is -0.120. The Kier molecular flexibility index (Phi) is 5.37. The van der Waals surface area contributed by atoms with Crippen molar-refractivity contribution in [3.8, 4) is 0 Å². The summed E-state index contributed by atoms with van der Waals surface area (Å²) in [5.74, 6) is 0.921. The van der Waals surface area contributed by atoms with Gasteiger partial charge in [0.25, 0.3) is 0 Å². The zero-order valence-corrected chi connectivity index (χ0v) is 16.8. The second-order valence-corrected chi connectivity index (χ2v) is 9.54. The van der Waals surface area contributed by atoms with E-state index in [0.29, 0.717) is 11.7 Å². The van der Waals surface area contributed by atoms with Crippen molar-refractivity contribution >= 4 is 60.8 Å². The molecule has 1 aliphatic rings. The molecule has 1 fully saturated rings. The molecule has 4 rings (SSSR count). The Balaban J connectivity index is 1.43. The summed E-state index contributed by atoms with van der Waals surface area (Å²) in [6.45, 7) is 3.71. The van der Waals surface area contributed by atoms with Crippen molar-refractivity contribution in [1.29, 1.82) is 0 Å². The number of hydrogen-bond donors (Lipinski definition) is 1. The molecular weight excluding hydrogens is 386 g/mol. The highest BCUT2D eigenvalue weighted by Gasteiger charge is 2.28. The minimum Gasteiger partial charge on any atom is -0.347 e. The summed E-state index contributed by atoms with van der Waals surface area (Å²) in [6, 6.07) is 8.16. The maximum Gasteiger partial charge on any atom is 0.231 e. The van der Waals surface area contributed by atoms with E-state index >= 15 is 0 Å². The van der Waals surface area contributed by atoms with Crippen molar-refractivity contribution in [2.24, 2.45) is 5.92 Å². The Labute approximate surface area is 164 Å². The van der Waals surface area contributed by atoms with Crippen LogP contribution in [0, 0.1) is 5.92 Å². The summed E-state index contributed by atoms with van der Waals surface area (Å²) in [6.07, 6.45) is 1.88. The van der Waals surface area contributed by atoms with Crippen LogP contribution >= 0.6 is 34.4 Å². The van der Waals surface area contributed by atoms with Gasteiger partial charge in [-0.05, 0) is 30.7 Å². The monoisotopic (exact) mass is 405 g/mol. The fourth-order valence-electron chi connectivity index (χ4n) is 3.01. The van der Waals surface area contributed by atoms with Gasteiger partial charge in [0, 0.05) is 13.1 Å². The SMILES string of the molecule is CCSc1nnc(NC(=O)C2CCCN(c3nc4ccccc4s3)C2)s1. The van der Waals surface area contributed by atoms with E-state index in [1.807, 2.05) is 18.2 Å². The van der Waals surface area contributed by atoms with E-state index in [1.54, 1.807) is 23.1 Å². The molecule has 0 aliphatic carbocycles. The van der Waals surface area contributed by atoms with Crippen LogP contribution in [0.25, 0.3) is 10.2 Å². The average Bonchev–Trinajstić information content (AvgIpc) is 3.29. The van der Waals surface area contributed by atoms with Gasteiger partial charge in [0.1, 0.15) is 0 Å². The fraction of sp³-hybridized carbons (Fsp3) is 0.412. The number of benzene rings is 1. The van der Waals surface area contributed by atoms with Crippen LogP contribution in [0.15, 0.2) is 28.6 Å². The third-order valence-corrected chi connectivity index (χ3v) is 7.20. The van der Waals surface area contributed by atoms with Gasteiger partial charge < -0.3 is 10.2 Å². The van der Waals surface area contributed by atoms with E-state index in [2.05, 4.69) is 33.4 Å². The van der Waals surface area contributed by atoms with Crippen LogP contribution in [0.2, 0.25) is 0 Å². The van der Waals surface area contributed by atoms with Crippen LogP contribution in [0.5, 0.6) is 0 Å². The number of anilines is 2. The van der Waals surface area contributed by atoms with E-state index in [1.165, 1.54) is 16.0 Å². The number of fused-ring (bicyclic) bond motifs is 1. The number of hydrogen-bond acceptors (Lipinski definition) is 8. The molecule has 136 valence electrons. The number of nitrogens with one attached hydrogen (secondary N) is 1. The first kappa shape index (κ1) is 17.7. The number of carbonyl (C=O) groups excluding carboxylic acids is 1. The van der Waals surface area contributed by atoms with Gasteiger partial charge >= 0.3 is 0 Å². The smallest absolute Gasteiger partial charge is 0.231 e. The number of carbonyl (C=O) groups is 1. The Morgan fingerprint density at radius 2 is 2.23 bits per heavy atom. The third-order valence-electron chi connectivity index (χ3n) is 4.25. The molecule has 1 saturated heterocycles. The molecule has 2 aromatic heterocycles. The molecule has 26 heavy (non-hydrogen) atoms. The van der Waals surface area contributed by atoms with Crippen molar-refractivity contribution in [3.63, 3.8) is 0 Å². The largest absolute Gasteiger partial charge is 0.347 e. The zero-order valence-electron chi connectivity index (χ0n) is 14.3. The van der Waals surface area contributed by atoms with Gasteiger partial charge in [0.2, 0.25) is 11.0 Å².